The minimum atomic E-state index is -0.783. The predicted octanol–water partition coefficient (Wildman–Crippen LogP) is 2.76. The van der Waals surface area contributed by atoms with Crippen molar-refractivity contribution in [2.75, 3.05) is 11.4 Å². The molecule has 0 saturated carbocycles. The van der Waals surface area contributed by atoms with Crippen LogP contribution in [-0.2, 0) is 0 Å². The monoisotopic (exact) mass is 285 g/mol. The van der Waals surface area contributed by atoms with Crippen LogP contribution in [0, 0.1) is 5.82 Å². The Hall–Kier alpha value is -2.69. The Balaban J connectivity index is 2.03. The molecule has 3 rings (SSSR count). The summed E-state index contributed by atoms with van der Waals surface area (Å²) >= 11 is 0. The highest BCUT2D eigenvalue weighted by atomic mass is 19.1. The molecule has 2 aromatic carbocycles. The SMILES string of the molecule is O=C1CCN(C(=O)c2ccc(O)cc2F)c2ccccc21. The van der Waals surface area contributed by atoms with Crippen LogP contribution in [0.1, 0.15) is 27.1 Å². The summed E-state index contributed by atoms with van der Waals surface area (Å²) in [5.41, 5.74) is 0.833. The van der Waals surface area contributed by atoms with Crippen LogP contribution in [0.5, 0.6) is 5.75 Å². The van der Waals surface area contributed by atoms with E-state index in [4.69, 9.17) is 0 Å². The Kier molecular flexibility index (Phi) is 3.17. The van der Waals surface area contributed by atoms with Crippen LogP contribution in [0.25, 0.3) is 0 Å². The molecule has 4 nitrogen and oxygen atoms in total. The maximum Gasteiger partial charge on any atom is 0.261 e. The number of phenolic OH excluding ortho intramolecular Hbond substituents is 1. The molecule has 0 aromatic heterocycles. The minimum absolute atomic E-state index is 0.0270. The van der Waals surface area contributed by atoms with Gasteiger partial charge in [0.2, 0.25) is 0 Å². The molecule has 0 spiro atoms. The number of para-hydroxylation sites is 1. The van der Waals surface area contributed by atoms with Crippen LogP contribution in [0.3, 0.4) is 0 Å². The lowest BCUT2D eigenvalue weighted by Crippen LogP contribution is -2.37. The molecule has 0 aliphatic carbocycles. The molecule has 0 radical (unpaired) electrons. The van der Waals surface area contributed by atoms with Gasteiger partial charge in [0, 0.05) is 24.6 Å². The van der Waals surface area contributed by atoms with Crippen LogP contribution in [0.4, 0.5) is 10.1 Å². The quantitative estimate of drug-likeness (QED) is 0.876. The fourth-order valence-electron chi connectivity index (χ4n) is 2.45. The number of ketones is 1. The second-order valence-corrected chi connectivity index (χ2v) is 4.81. The standard InChI is InChI=1S/C16H12FNO3/c17-13-9-10(19)5-6-11(13)16(21)18-8-7-15(20)12-3-1-2-4-14(12)18/h1-6,9,19H,7-8H2. The van der Waals surface area contributed by atoms with Crippen molar-refractivity contribution >= 4 is 17.4 Å². The number of Topliss-reactive ketones (excluding diaryl/α,β-unsaturated/α-hetero) is 1. The van der Waals surface area contributed by atoms with E-state index in [2.05, 4.69) is 0 Å². The number of nitrogens with zero attached hydrogens (tertiary/aromatic N) is 1. The molecule has 0 unspecified atom stereocenters. The number of amides is 1. The van der Waals surface area contributed by atoms with Crippen LogP contribution in [-0.4, -0.2) is 23.3 Å². The maximum absolute atomic E-state index is 13.8. The summed E-state index contributed by atoms with van der Waals surface area (Å²) in [6, 6.07) is 10.2. The van der Waals surface area contributed by atoms with Gasteiger partial charge in [0.1, 0.15) is 11.6 Å². The maximum atomic E-state index is 13.8. The summed E-state index contributed by atoms with van der Waals surface area (Å²) in [7, 11) is 0. The van der Waals surface area contributed by atoms with Gasteiger partial charge < -0.3 is 10.0 Å². The van der Waals surface area contributed by atoms with E-state index in [1.54, 1.807) is 24.3 Å². The summed E-state index contributed by atoms with van der Waals surface area (Å²) in [5, 5.41) is 9.21. The summed E-state index contributed by atoms with van der Waals surface area (Å²) in [6.45, 7) is 0.217. The van der Waals surface area contributed by atoms with E-state index in [1.807, 2.05) is 0 Å². The van der Waals surface area contributed by atoms with Crippen LogP contribution in [0.15, 0.2) is 42.5 Å². The van der Waals surface area contributed by atoms with Gasteiger partial charge >= 0.3 is 0 Å². The molecule has 1 heterocycles. The third-order valence-corrected chi connectivity index (χ3v) is 3.49. The average molecular weight is 285 g/mol. The summed E-state index contributed by atoms with van der Waals surface area (Å²) in [5.74, 6) is -1.57. The molecular formula is C16H12FNO3. The second kappa shape index (κ2) is 5.01. The number of hydrogen-bond donors (Lipinski definition) is 1. The van der Waals surface area contributed by atoms with Crippen molar-refractivity contribution in [3.05, 3.63) is 59.4 Å². The number of halogens is 1. The normalized spacial score (nSPS) is 14.0. The molecule has 2 aromatic rings. The first kappa shape index (κ1) is 13.3. The molecule has 21 heavy (non-hydrogen) atoms. The van der Waals surface area contributed by atoms with Gasteiger partial charge in [-0.2, -0.15) is 0 Å². The number of fused-ring (bicyclic) bond motifs is 1. The molecule has 1 aliphatic rings. The highest BCUT2D eigenvalue weighted by molar-refractivity contribution is 6.13. The van der Waals surface area contributed by atoms with Gasteiger partial charge in [-0.1, -0.05) is 12.1 Å². The van der Waals surface area contributed by atoms with Gasteiger partial charge in [-0.25, -0.2) is 4.39 Å². The molecule has 1 aliphatic heterocycles. The number of benzene rings is 2. The van der Waals surface area contributed by atoms with Gasteiger partial charge in [-0.15, -0.1) is 0 Å². The number of hydrogen-bond acceptors (Lipinski definition) is 3. The zero-order chi connectivity index (χ0) is 15.0. The van der Waals surface area contributed by atoms with Crippen molar-refractivity contribution in [1.29, 1.82) is 0 Å². The molecule has 0 bridgehead atoms. The molecule has 5 heteroatoms. The fraction of sp³-hybridized carbons (Fsp3) is 0.125. The van der Waals surface area contributed by atoms with E-state index in [0.717, 1.165) is 6.07 Å². The van der Waals surface area contributed by atoms with Crippen molar-refractivity contribution in [3.63, 3.8) is 0 Å². The lowest BCUT2D eigenvalue weighted by atomic mass is 9.99. The molecular weight excluding hydrogens is 273 g/mol. The average Bonchev–Trinajstić information content (AvgIpc) is 2.47. The largest absolute Gasteiger partial charge is 0.508 e. The van der Waals surface area contributed by atoms with Crippen molar-refractivity contribution < 1.29 is 19.1 Å². The summed E-state index contributed by atoms with van der Waals surface area (Å²) in [4.78, 5) is 25.7. The van der Waals surface area contributed by atoms with Crippen LogP contribution < -0.4 is 4.90 Å². The summed E-state index contributed by atoms with van der Waals surface area (Å²) in [6.07, 6.45) is 0.211. The third kappa shape index (κ3) is 2.27. The van der Waals surface area contributed by atoms with Gasteiger partial charge in [-0.3, -0.25) is 9.59 Å². The first-order valence-corrected chi connectivity index (χ1v) is 6.50. The minimum Gasteiger partial charge on any atom is -0.508 e. The Morgan fingerprint density at radius 1 is 1.19 bits per heavy atom. The van der Waals surface area contributed by atoms with Crippen molar-refractivity contribution in [3.8, 4) is 5.75 Å². The van der Waals surface area contributed by atoms with Crippen molar-refractivity contribution in [1.82, 2.24) is 0 Å². The van der Waals surface area contributed by atoms with E-state index in [9.17, 15) is 19.1 Å². The number of aromatic hydroxyl groups is 1. The zero-order valence-electron chi connectivity index (χ0n) is 11.0. The van der Waals surface area contributed by atoms with Gasteiger partial charge in [0.25, 0.3) is 5.91 Å². The van der Waals surface area contributed by atoms with E-state index < -0.39 is 11.7 Å². The molecule has 0 saturated heterocycles. The third-order valence-electron chi connectivity index (χ3n) is 3.49. The Bertz CT molecular complexity index is 742. The zero-order valence-corrected chi connectivity index (χ0v) is 11.0. The van der Waals surface area contributed by atoms with E-state index >= 15 is 0 Å². The van der Waals surface area contributed by atoms with E-state index in [0.29, 0.717) is 11.3 Å². The smallest absolute Gasteiger partial charge is 0.261 e. The first-order chi connectivity index (χ1) is 10.1. The van der Waals surface area contributed by atoms with Crippen molar-refractivity contribution in [2.45, 2.75) is 6.42 Å². The van der Waals surface area contributed by atoms with E-state index in [1.165, 1.54) is 17.0 Å². The lowest BCUT2D eigenvalue weighted by Gasteiger charge is -2.28. The van der Waals surface area contributed by atoms with Crippen LogP contribution >= 0.6 is 0 Å². The Morgan fingerprint density at radius 3 is 2.71 bits per heavy atom. The number of carbonyl (C=O) groups is 2. The second-order valence-electron chi connectivity index (χ2n) is 4.81. The number of phenols is 1. The highest BCUT2D eigenvalue weighted by Gasteiger charge is 2.28. The summed E-state index contributed by atoms with van der Waals surface area (Å²) < 4.78 is 13.8. The molecule has 0 fully saturated rings. The van der Waals surface area contributed by atoms with Crippen LogP contribution in [0.2, 0.25) is 0 Å². The Morgan fingerprint density at radius 2 is 1.95 bits per heavy atom. The molecule has 1 N–H and O–H groups in total. The molecule has 0 atom stereocenters. The van der Waals surface area contributed by atoms with Gasteiger partial charge in [0.15, 0.2) is 5.78 Å². The number of carbonyl (C=O) groups excluding carboxylic acids is 2. The number of anilines is 1. The topological polar surface area (TPSA) is 57.6 Å². The number of rotatable bonds is 1. The predicted molar refractivity (Wildman–Crippen MR) is 75.1 cm³/mol. The molecule has 1 amide bonds. The fourth-order valence-corrected chi connectivity index (χ4v) is 2.45. The van der Waals surface area contributed by atoms with Gasteiger partial charge in [0.05, 0.1) is 11.3 Å². The van der Waals surface area contributed by atoms with Gasteiger partial charge in [-0.05, 0) is 24.3 Å². The Labute approximate surface area is 120 Å². The van der Waals surface area contributed by atoms with Crippen molar-refractivity contribution in [2.24, 2.45) is 0 Å². The first-order valence-electron chi connectivity index (χ1n) is 6.50. The van der Waals surface area contributed by atoms with E-state index in [-0.39, 0.29) is 30.1 Å². The lowest BCUT2D eigenvalue weighted by molar-refractivity contribution is 0.0953. The molecule has 106 valence electrons. The highest BCUT2D eigenvalue weighted by Crippen LogP contribution is 2.29.